The van der Waals surface area contributed by atoms with Gasteiger partial charge in [0.25, 0.3) is 0 Å². The van der Waals surface area contributed by atoms with Gasteiger partial charge in [-0.1, -0.05) is 86.8 Å². The Hall–Kier alpha value is 1.28. The maximum atomic E-state index is 6.23. The monoisotopic (exact) mass is 358 g/mol. The summed E-state index contributed by atoms with van der Waals surface area (Å²) >= 11 is 12.5. The van der Waals surface area contributed by atoms with Gasteiger partial charge in [-0.25, -0.2) is 0 Å². The molecule has 0 amide bonds. The molecular weight excluding hydrogens is 327 g/mol. The van der Waals surface area contributed by atoms with Crippen molar-refractivity contribution in [3.05, 3.63) is 0 Å². The van der Waals surface area contributed by atoms with Gasteiger partial charge in [-0.05, 0) is 25.0 Å². The van der Waals surface area contributed by atoms with Crippen molar-refractivity contribution >= 4 is 44.8 Å². The van der Waals surface area contributed by atoms with Crippen LogP contribution in [0.15, 0.2) is 0 Å². The van der Waals surface area contributed by atoms with Gasteiger partial charge in [-0.2, -0.15) is 0 Å². The van der Waals surface area contributed by atoms with E-state index >= 15 is 0 Å². The Morgan fingerprint density at radius 3 is 1.65 bits per heavy atom. The average molecular weight is 359 g/mol. The lowest BCUT2D eigenvalue weighted by Crippen LogP contribution is -2.23. The molecule has 0 unspecified atom stereocenters. The van der Waals surface area contributed by atoms with Crippen molar-refractivity contribution in [2.75, 3.05) is 6.26 Å². The molecule has 0 radical (unpaired) electrons. The van der Waals surface area contributed by atoms with Gasteiger partial charge in [0, 0.05) is 5.25 Å². The molecule has 0 fully saturated rings. The molecule has 122 valence electrons. The molecule has 0 spiro atoms. The quantitative estimate of drug-likeness (QED) is 0.177. The van der Waals surface area contributed by atoms with Crippen molar-refractivity contribution in [1.29, 1.82) is 0 Å². The molecule has 0 aliphatic rings. The molecule has 0 heterocycles. The van der Waals surface area contributed by atoms with Crippen LogP contribution in [0.25, 0.3) is 0 Å². The fraction of sp³-hybridized carbons (Fsp3) is 1.00. The Bertz CT molecular complexity index is 189. The summed E-state index contributed by atoms with van der Waals surface area (Å²) in [4.78, 5) is -0.241. The van der Waals surface area contributed by atoms with Gasteiger partial charge in [0.15, 0.2) is 0 Å². The van der Waals surface area contributed by atoms with Crippen LogP contribution in [0.2, 0.25) is 0 Å². The molecule has 0 rings (SSSR count). The SMILES string of the molecule is CCCCCCC(CCCCCC)[C@H](SSC)C(Cl)Cl. The maximum absolute atomic E-state index is 6.23. The molecule has 1 atom stereocenters. The van der Waals surface area contributed by atoms with Gasteiger partial charge < -0.3 is 0 Å². The van der Waals surface area contributed by atoms with E-state index in [0.717, 1.165) is 0 Å². The van der Waals surface area contributed by atoms with Crippen molar-refractivity contribution in [3.63, 3.8) is 0 Å². The number of hydrogen-bond donors (Lipinski definition) is 0. The summed E-state index contributed by atoms with van der Waals surface area (Å²) < 4.78 is 0. The van der Waals surface area contributed by atoms with Crippen LogP contribution in [0.4, 0.5) is 0 Å². The lowest BCUT2D eigenvalue weighted by atomic mass is 9.92. The first-order valence-corrected chi connectivity index (χ1v) is 11.6. The van der Waals surface area contributed by atoms with E-state index in [1.807, 2.05) is 10.8 Å². The second kappa shape index (κ2) is 15.2. The van der Waals surface area contributed by atoms with Gasteiger partial charge in [-0.3, -0.25) is 0 Å². The molecule has 0 bridgehead atoms. The smallest absolute Gasteiger partial charge is 0.104 e. The summed E-state index contributed by atoms with van der Waals surface area (Å²) in [5.74, 6) is 0.682. The minimum absolute atomic E-state index is 0.241. The summed E-state index contributed by atoms with van der Waals surface area (Å²) in [5.41, 5.74) is 0. The first-order valence-electron chi connectivity index (χ1n) is 8.14. The van der Waals surface area contributed by atoms with Crippen LogP contribution < -0.4 is 0 Å². The number of unbranched alkanes of at least 4 members (excludes halogenated alkanes) is 6. The Kier molecular flexibility index (Phi) is 16.2. The summed E-state index contributed by atoms with van der Waals surface area (Å²) in [5, 5.41) is 0.386. The van der Waals surface area contributed by atoms with E-state index in [-0.39, 0.29) is 4.84 Å². The van der Waals surface area contributed by atoms with Crippen LogP contribution in [0.3, 0.4) is 0 Å². The standard InChI is InChI=1S/C16H32Cl2S2/c1-4-6-8-10-12-14(13-11-9-7-5-2)15(16(17)18)20-19-3/h14-16H,4-13H2,1-3H3/t15-/m0/s1. The van der Waals surface area contributed by atoms with E-state index in [9.17, 15) is 0 Å². The summed E-state index contributed by atoms with van der Waals surface area (Å²) in [6.07, 6.45) is 15.4. The lowest BCUT2D eigenvalue weighted by molar-refractivity contribution is 0.401. The maximum Gasteiger partial charge on any atom is 0.120 e. The van der Waals surface area contributed by atoms with Gasteiger partial charge in [-0.15, -0.1) is 23.2 Å². The molecule has 4 heteroatoms. The van der Waals surface area contributed by atoms with E-state index in [2.05, 4.69) is 20.1 Å². The first kappa shape index (κ1) is 21.3. The second-order valence-electron chi connectivity index (χ2n) is 5.52. The molecule has 0 nitrogen and oxygen atoms in total. The summed E-state index contributed by atoms with van der Waals surface area (Å²) in [6.45, 7) is 4.53. The Morgan fingerprint density at radius 2 is 1.30 bits per heavy atom. The Balaban J connectivity index is 4.25. The van der Waals surface area contributed by atoms with E-state index in [0.29, 0.717) is 11.2 Å². The number of alkyl halides is 2. The largest absolute Gasteiger partial charge is 0.120 e. The molecule has 20 heavy (non-hydrogen) atoms. The molecule has 0 N–H and O–H groups in total. The summed E-state index contributed by atoms with van der Waals surface area (Å²) in [7, 11) is 3.67. The summed E-state index contributed by atoms with van der Waals surface area (Å²) in [6, 6.07) is 0. The third-order valence-corrected chi connectivity index (χ3v) is 6.93. The molecule has 0 aromatic rings. The van der Waals surface area contributed by atoms with Crippen LogP contribution in [-0.4, -0.2) is 16.3 Å². The highest BCUT2D eigenvalue weighted by atomic mass is 35.5. The molecule has 0 saturated heterocycles. The Labute approximate surface area is 144 Å². The zero-order valence-corrected chi connectivity index (χ0v) is 16.5. The van der Waals surface area contributed by atoms with E-state index in [1.165, 1.54) is 64.2 Å². The normalized spacial score (nSPS) is 13.3. The van der Waals surface area contributed by atoms with E-state index in [1.54, 1.807) is 10.8 Å². The molecule has 0 aromatic heterocycles. The predicted octanol–water partition coefficient (Wildman–Crippen LogP) is 7.73. The zero-order valence-electron chi connectivity index (χ0n) is 13.4. The third kappa shape index (κ3) is 10.9. The molecule has 0 saturated carbocycles. The van der Waals surface area contributed by atoms with Crippen LogP contribution in [0.5, 0.6) is 0 Å². The van der Waals surface area contributed by atoms with Crippen LogP contribution in [-0.2, 0) is 0 Å². The van der Waals surface area contributed by atoms with Gasteiger partial charge >= 0.3 is 0 Å². The van der Waals surface area contributed by atoms with E-state index < -0.39 is 0 Å². The van der Waals surface area contributed by atoms with Gasteiger partial charge in [0.1, 0.15) is 4.84 Å². The van der Waals surface area contributed by atoms with Crippen molar-refractivity contribution in [1.82, 2.24) is 0 Å². The van der Waals surface area contributed by atoms with Crippen molar-refractivity contribution in [3.8, 4) is 0 Å². The molecule has 0 aliphatic heterocycles. The average Bonchev–Trinajstić information content (AvgIpc) is 2.43. The third-order valence-electron chi connectivity index (χ3n) is 3.78. The van der Waals surface area contributed by atoms with Crippen molar-refractivity contribution in [2.24, 2.45) is 5.92 Å². The number of halogens is 2. The van der Waals surface area contributed by atoms with Crippen LogP contribution in [0.1, 0.15) is 78.1 Å². The minimum atomic E-state index is -0.241. The fourth-order valence-electron chi connectivity index (χ4n) is 2.58. The highest BCUT2D eigenvalue weighted by Gasteiger charge is 2.27. The molecular formula is C16H32Cl2S2. The molecule has 0 aliphatic carbocycles. The highest BCUT2D eigenvalue weighted by molar-refractivity contribution is 8.76. The number of hydrogen-bond acceptors (Lipinski definition) is 2. The van der Waals surface area contributed by atoms with Crippen molar-refractivity contribution in [2.45, 2.75) is 88.1 Å². The lowest BCUT2D eigenvalue weighted by Gasteiger charge is -2.27. The van der Waals surface area contributed by atoms with Crippen molar-refractivity contribution < 1.29 is 0 Å². The first-order chi connectivity index (χ1) is 9.67. The second-order valence-corrected chi connectivity index (χ2v) is 9.33. The molecule has 0 aromatic carbocycles. The topological polar surface area (TPSA) is 0 Å². The Morgan fingerprint density at radius 1 is 0.800 bits per heavy atom. The van der Waals surface area contributed by atoms with Gasteiger partial charge in [0.2, 0.25) is 0 Å². The van der Waals surface area contributed by atoms with E-state index in [4.69, 9.17) is 23.2 Å². The zero-order chi connectivity index (χ0) is 15.2. The number of rotatable bonds is 14. The fourth-order valence-corrected chi connectivity index (χ4v) is 5.87. The van der Waals surface area contributed by atoms with Gasteiger partial charge in [0.05, 0.1) is 0 Å². The highest BCUT2D eigenvalue weighted by Crippen LogP contribution is 2.39. The van der Waals surface area contributed by atoms with Crippen LogP contribution in [0, 0.1) is 5.92 Å². The van der Waals surface area contributed by atoms with Crippen LogP contribution >= 0.6 is 44.8 Å². The minimum Gasteiger partial charge on any atom is -0.104 e. The predicted molar refractivity (Wildman–Crippen MR) is 101 cm³/mol.